The van der Waals surface area contributed by atoms with Crippen molar-refractivity contribution < 1.29 is 30.0 Å². The fourth-order valence-electron chi connectivity index (χ4n) is 1.95. The van der Waals surface area contributed by atoms with E-state index in [1.54, 1.807) is 6.07 Å². The molecule has 0 heterocycles. The molecule has 3 unspecified atom stereocenters. The zero-order valence-corrected chi connectivity index (χ0v) is 20.4. The number of hydrogen-bond donors (Lipinski definition) is 5. The first kappa shape index (κ1) is 24.2. The van der Waals surface area contributed by atoms with Gasteiger partial charge in [-0.1, -0.05) is 0 Å². The fourth-order valence-corrected chi connectivity index (χ4v) is 6.18. The van der Waals surface area contributed by atoms with E-state index in [-0.39, 0.29) is 6.54 Å². The quantitative estimate of drug-likeness (QED) is 0.269. The van der Waals surface area contributed by atoms with Gasteiger partial charge >= 0.3 is 0 Å². The largest absolute Gasteiger partial charge is 0.394 e. The maximum atomic E-state index is 12.5. The van der Waals surface area contributed by atoms with Crippen molar-refractivity contribution in [3.05, 3.63) is 16.8 Å². The lowest BCUT2D eigenvalue weighted by atomic mass is 10.2. The maximum Gasteiger partial charge on any atom is 0.255 e. The Morgan fingerprint density at radius 2 is 1.69 bits per heavy atom. The Labute approximate surface area is 191 Å². The van der Waals surface area contributed by atoms with Gasteiger partial charge in [-0.15, -0.1) is 0 Å². The number of aliphatic hydroxyl groups excluding tert-OH is 4. The number of nitrogens with zero attached hydrogens (tertiary/aromatic N) is 1. The molecule has 1 aromatic carbocycles. The molecule has 0 saturated heterocycles. The minimum Gasteiger partial charge on any atom is -0.394 e. The van der Waals surface area contributed by atoms with Gasteiger partial charge in [0.15, 0.2) is 0 Å². The van der Waals surface area contributed by atoms with E-state index < -0.39 is 36.7 Å². The highest BCUT2D eigenvalue weighted by Crippen LogP contribution is 2.38. The third-order valence-electron chi connectivity index (χ3n) is 3.27. The second kappa shape index (κ2) is 10.7. The lowest BCUT2D eigenvalue weighted by Gasteiger charge is -2.29. The van der Waals surface area contributed by atoms with E-state index in [0.717, 1.165) is 0 Å². The molecular formula is C15H19I3N2O6. The fraction of sp³-hybridized carbons (Fsp3) is 0.467. The van der Waals surface area contributed by atoms with Crippen LogP contribution in [-0.2, 0) is 9.59 Å². The van der Waals surface area contributed by atoms with Crippen molar-refractivity contribution >= 4 is 91.0 Å². The lowest BCUT2D eigenvalue weighted by molar-refractivity contribution is -0.126. The summed E-state index contributed by atoms with van der Waals surface area (Å²) < 4.78 is 1.86. The summed E-state index contributed by atoms with van der Waals surface area (Å²) >= 11 is 5.99. The van der Waals surface area contributed by atoms with E-state index >= 15 is 0 Å². The summed E-state index contributed by atoms with van der Waals surface area (Å²) in [5, 5.41) is 40.7. The van der Waals surface area contributed by atoms with Crippen molar-refractivity contribution in [3.63, 3.8) is 0 Å². The molecule has 8 nitrogen and oxygen atoms in total. The smallest absolute Gasteiger partial charge is 0.255 e. The molecule has 1 aromatic rings. The first-order valence-electron chi connectivity index (χ1n) is 7.46. The number of halogens is 3. The van der Waals surface area contributed by atoms with Gasteiger partial charge in [-0.2, -0.15) is 0 Å². The summed E-state index contributed by atoms with van der Waals surface area (Å²) in [6, 6.07) is 1.73. The highest BCUT2D eigenvalue weighted by molar-refractivity contribution is 14.1. The highest BCUT2D eigenvalue weighted by atomic mass is 127. The molecular weight excluding hydrogens is 685 g/mol. The number of benzene rings is 1. The molecule has 0 spiro atoms. The molecule has 0 aliphatic carbocycles. The van der Waals surface area contributed by atoms with Gasteiger partial charge in [0.1, 0.15) is 12.2 Å². The summed E-state index contributed by atoms with van der Waals surface area (Å²) in [6.07, 6.45) is -3.72. The van der Waals surface area contributed by atoms with Crippen LogP contribution in [0.1, 0.15) is 13.8 Å². The molecule has 1 rings (SSSR count). The van der Waals surface area contributed by atoms with Gasteiger partial charge in [0, 0.05) is 7.14 Å². The van der Waals surface area contributed by atoms with Crippen LogP contribution in [0, 0.1) is 10.7 Å². The average molecular weight is 704 g/mol. The topological polar surface area (TPSA) is 130 Å². The van der Waals surface area contributed by atoms with Crippen molar-refractivity contribution in [1.82, 2.24) is 0 Å². The average Bonchev–Trinajstić information content (AvgIpc) is 2.55. The number of nitrogens with one attached hydrogen (secondary N) is 1. The molecule has 11 heteroatoms. The third kappa shape index (κ3) is 6.10. The summed E-state index contributed by atoms with van der Waals surface area (Å²) in [7, 11) is 0. The number of anilines is 2. The Balaban J connectivity index is 3.50. The van der Waals surface area contributed by atoms with E-state index in [2.05, 4.69) is 5.32 Å². The molecule has 0 fully saturated rings. The van der Waals surface area contributed by atoms with Crippen LogP contribution in [0.5, 0.6) is 0 Å². The lowest BCUT2D eigenvalue weighted by Crippen LogP contribution is -2.44. The van der Waals surface area contributed by atoms with E-state index in [1.165, 1.54) is 18.7 Å². The molecule has 2 amide bonds. The van der Waals surface area contributed by atoms with Crippen LogP contribution in [0.2, 0.25) is 0 Å². The summed E-state index contributed by atoms with van der Waals surface area (Å²) in [5.74, 6) is -1.25. The van der Waals surface area contributed by atoms with Crippen LogP contribution in [0.15, 0.2) is 6.07 Å². The third-order valence-corrected chi connectivity index (χ3v) is 5.99. The Kier molecular flexibility index (Phi) is 9.93. The molecule has 0 bridgehead atoms. The van der Waals surface area contributed by atoms with Gasteiger partial charge in [-0.25, -0.2) is 0 Å². The van der Waals surface area contributed by atoms with E-state index in [4.69, 9.17) is 5.11 Å². The van der Waals surface area contributed by atoms with Crippen LogP contribution < -0.4 is 10.2 Å². The first-order valence-corrected chi connectivity index (χ1v) is 10.7. The SMILES string of the molecule is CC(O)C(=O)Nc1c(I)cc(I)c(N(CC(O)CO)C(=O)C(C)O)c1I. The number of rotatable bonds is 7. The van der Waals surface area contributed by atoms with Crippen LogP contribution in [0.4, 0.5) is 11.4 Å². The van der Waals surface area contributed by atoms with Crippen molar-refractivity contribution in [2.24, 2.45) is 0 Å². The minimum absolute atomic E-state index is 0.226. The first-order chi connectivity index (χ1) is 12.0. The van der Waals surface area contributed by atoms with Crippen molar-refractivity contribution in [3.8, 4) is 0 Å². The van der Waals surface area contributed by atoms with Crippen molar-refractivity contribution in [2.75, 3.05) is 23.4 Å². The number of hydrogen-bond acceptors (Lipinski definition) is 6. The Morgan fingerprint density at radius 1 is 1.12 bits per heavy atom. The Hall–Kier alpha value is 0.190. The number of amides is 2. The van der Waals surface area contributed by atoms with E-state index in [1.807, 2.05) is 67.8 Å². The summed E-state index contributed by atoms with van der Waals surface area (Å²) in [4.78, 5) is 25.5. The van der Waals surface area contributed by atoms with Gasteiger partial charge in [-0.3, -0.25) is 9.59 Å². The van der Waals surface area contributed by atoms with Crippen molar-refractivity contribution in [2.45, 2.75) is 32.2 Å². The zero-order valence-electron chi connectivity index (χ0n) is 13.9. The van der Waals surface area contributed by atoms with Gasteiger partial charge in [0.2, 0.25) is 0 Å². The Bertz CT molecular complexity index is 684. The molecule has 5 N–H and O–H groups in total. The Morgan fingerprint density at radius 3 is 2.15 bits per heavy atom. The van der Waals surface area contributed by atoms with E-state index in [0.29, 0.717) is 22.1 Å². The molecule has 0 saturated carbocycles. The molecule has 0 aromatic heterocycles. The predicted molar refractivity (Wildman–Crippen MR) is 122 cm³/mol. The normalized spacial score (nSPS) is 14.5. The van der Waals surface area contributed by atoms with Crippen LogP contribution in [-0.4, -0.2) is 63.7 Å². The minimum atomic E-state index is -1.32. The molecule has 146 valence electrons. The number of carbonyl (C=O) groups is 2. The molecule has 3 atom stereocenters. The number of aliphatic hydroxyl groups is 4. The van der Waals surface area contributed by atoms with Crippen LogP contribution in [0.25, 0.3) is 0 Å². The van der Waals surface area contributed by atoms with Gasteiger partial charge < -0.3 is 30.6 Å². The molecule has 0 aliphatic rings. The standard InChI is InChI=1S/C15H19I3N2O6/c1-6(22)14(25)19-12-9(16)3-10(17)13(11(12)18)20(4-8(24)5-21)15(26)7(2)23/h3,6-8,21-24H,4-5H2,1-2H3,(H,19,25). The van der Waals surface area contributed by atoms with Gasteiger partial charge in [-0.05, 0) is 87.7 Å². The summed E-state index contributed by atoms with van der Waals surface area (Å²) in [6.45, 7) is 1.87. The highest BCUT2D eigenvalue weighted by Gasteiger charge is 2.28. The monoisotopic (exact) mass is 704 g/mol. The number of carbonyl (C=O) groups excluding carboxylic acids is 2. The zero-order chi connectivity index (χ0) is 20.2. The van der Waals surface area contributed by atoms with Gasteiger partial charge in [0.25, 0.3) is 11.8 Å². The van der Waals surface area contributed by atoms with Crippen molar-refractivity contribution in [1.29, 1.82) is 0 Å². The van der Waals surface area contributed by atoms with Crippen LogP contribution in [0.3, 0.4) is 0 Å². The molecule has 26 heavy (non-hydrogen) atoms. The second-order valence-corrected chi connectivity index (χ2v) is 8.91. The molecule has 0 aliphatic heterocycles. The molecule has 0 radical (unpaired) electrons. The van der Waals surface area contributed by atoms with Gasteiger partial charge in [0.05, 0.1) is 34.2 Å². The van der Waals surface area contributed by atoms with E-state index in [9.17, 15) is 24.9 Å². The predicted octanol–water partition coefficient (Wildman–Crippen LogP) is 0.887. The van der Waals surface area contributed by atoms with Crippen LogP contribution >= 0.6 is 67.8 Å². The second-order valence-electron chi connectivity index (χ2n) is 5.50. The maximum absolute atomic E-state index is 12.5. The summed E-state index contributed by atoms with van der Waals surface area (Å²) in [5.41, 5.74) is 0.806.